The first-order valence-corrected chi connectivity index (χ1v) is 12.6. The maximum absolute atomic E-state index is 12.0. The van der Waals surface area contributed by atoms with Crippen LogP contribution < -0.4 is 4.74 Å². The molecule has 0 atom stereocenters. The number of halogens is 3. The molecule has 0 saturated heterocycles. The molecule has 31 heavy (non-hydrogen) atoms. The van der Waals surface area contributed by atoms with Gasteiger partial charge in [0.2, 0.25) is 0 Å². The van der Waals surface area contributed by atoms with Crippen LogP contribution in [0.2, 0.25) is 5.02 Å². The van der Waals surface area contributed by atoms with Gasteiger partial charge in [-0.05, 0) is 119 Å². The third-order valence-electron chi connectivity index (χ3n) is 4.15. The molecule has 6 nitrogen and oxygen atoms in total. The van der Waals surface area contributed by atoms with Crippen molar-refractivity contribution < 1.29 is 14.6 Å². The average Bonchev–Trinajstić information content (AvgIpc) is 3.13. The van der Waals surface area contributed by atoms with E-state index in [1.54, 1.807) is 18.2 Å². The molecule has 0 amide bonds. The summed E-state index contributed by atoms with van der Waals surface area (Å²) in [6, 6.07) is 11.1. The Bertz CT molecular complexity index is 1110. The van der Waals surface area contributed by atoms with Gasteiger partial charge in [0.1, 0.15) is 10.7 Å². The molecule has 0 aliphatic heterocycles. The van der Waals surface area contributed by atoms with E-state index in [9.17, 15) is 9.90 Å². The van der Waals surface area contributed by atoms with Gasteiger partial charge in [-0.25, -0.2) is 4.79 Å². The van der Waals surface area contributed by atoms with Crippen LogP contribution in [0.3, 0.4) is 0 Å². The maximum Gasteiger partial charge on any atom is 0.342 e. The standard InChI is InChI=1S/C21H18ClI2N3O3S/c1-3-27-19(13-5-7-14(22)8-6-13)25-26-21(27)31-17(20(28)29)11-12-9-15(23)18(30-4-2)16(24)10-12/h5-11H,3-4H2,1-2H3,(H,28,29)/b17-11-. The molecule has 2 aromatic carbocycles. The lowest BCUT2D eigenvalue weighted by Gasteiger charge is -2.10. The van der Waals surface area contributed by atoms with Gasteiger partial charge in [0.15, 0.2) is 11.0 Å². The van der Waals surface area contributed by atoms with Crippen LogP contribution in [0.5, 0.6) is 5.75 Å². The predicted molar refractivity (Wildman–Crippen MR) is 141 cm³/mol. The first-order valence-electron chi connectivity index (χ1n) is 9.27. The smallest absolute Gasteiger partial charge is 0.342 e. The third kappa shape index (κ3) is 5.93. The Labute approximate surface area is 216 Å². The molecule has 0 fully saturated rings. The highest BCUT2D eigenvalue weighted by Crippen LogP contribution is 2.33. The van der Waals surface area contributed by atoms with Crippen molar-refractivity contribution in [3.05, 3.63) is 59.0 Å². The molecule has 0 radical (unpaired) electrons. The Morgan fingerprint density at radius 1 is 1.19 bits per heavy atom. The van der Waals surface area contributed by atoms with Gasteiger partial charge >= 0.3 is 5.97 Å². The zero-order valence-corrected chi connectivity index (χ0v) is 22.5. The second-order valence-corrected chi connectivity index (χ2v) is 9.99. The van der Waals surface area contributed by atoms with Crippen molar-refractivity contribution in [1.29, 1.82) is 0 Å². The topological polar surface area (TPSA) is 77.2 Å². The van der Waals surface area contributed by atoms with E-state index in [4.69, 9.17) is 16.3 Å². The summed E-state index contributed by atoms with van der Waals surface area (Å²) in [5.74, 6) is 0.447. The molecule has 1 heterocycles. The minimum atomic E-state index is -1.03. The molecule has 0 unspecified atom stereocenters. The van der Waals surface area contributed by atoms with E-state index >= 15 is 0 Å². The molecular formula is C21H18ClI2N3O3S. The normalized spacial score (nSPS) is 11.6. The van der Waals surface area contributed by atoms with Crippen LogP contribution >= 0.6 is 68.5 Å². The zero-order chi connectivity index (χ0) is 22.5. The molecule has 10 heteroatoms. The Morgan fingerprint density at radius 3 is 2.39 bits per heavy atom. The molecule has 1 N–H and O–H groups in total. The first kappa shape index (κ1) is 24.3. The van der Waals surface area contributed by atoms with E-state index in [-0.39, 0.29) is 4.91 Å². The summed E-state index contributed by atoms with van der Waals surface area (Å²) in [7, 11) is 0. The molecule has 0 bridgehead atoms. The van der Waals surface area contributed by atoms with Crippen LogP contribution in [0.15, 0.2) is 46.5 Å². The quantitative estimate of drug-likeness (QED) is 0.168. The highest BCUT2D eigenvalue weighted by molar-refractivity contribution is 14.1. The fourth-order valence-electron chi connectivity index (χ4n) is 2.79. The van der Waals surface area contributed by atoms with Crippen molar-refractivity contribution in [1.82, 2.24) is 14.8 Å². The molecule has 3 aromatic rings. The lowest BCUT2D eigenvalue weighted by molar-refractivity contribution is -0.131. The Balaban J connectivity index is 1.96. The number of hydrogen-bond acceptors (Lipinski definition) is 5. The van der Waals surface area contributed by atoms with Gasteiger partial charge in [0.05, 0.1) is 13.7 Å². The van der Waals surface area contributed by atoms with Crippen molar-refractivity contribution in [3.63, 3.8) is 0 Å². The van der Waals surface area contributed by atoms with Crippen molar-refractivity contribution in [2.45, 2.75) is 25.5 Å². The van der Waals surface area contributed by atoms with Gasteiger partial charge in [-0.1, -0.05) is 11.6 Å². The summed E-state index contributed by atoms with van der Waals surface area (Å²) in [5.41, 5.74) is 1.64. The second-order valence-electron chi connectivity index (χ2n) is 6.22. The summed E-state index contributed by atoms with van der Waals surface area (Å²) in [5, 5.41) is 19.5. The number of carboxylic acid groups (broad SMARTS) is 1. The van der Waals surface area contributed by atoms with Gasteiger partial charge in [-0.15, -0.1) is 10.2 Å². The van der Waals surface area contributed by atoms with E-state index in [1.807, 2.05) is 42.7 Å². The number of aromatic nitrogens is 3. The number of benzene rings is 2. The minimum Gasteiger partial charge on any atom is -0.492 e. The number of ether oxygens (including phenoxy) is 1. The van der Waals surface area contributed by atoms with Gasteiger partial charge in [-0.3, -0.25) is 0 Å². The largest absolute Gasteiger partial charge is 0.492 e. The fraction of sp³-hybridized carbons (Fsp3) is 0.190. The van der Waals surface area contributed by atoms with Crippen LogP contribution in [-0.4, -0.2) is 32.4 Å². The Morgan fingerprint density at radius 2 is 1.84 bits per heavy atom. The minimum absolute atomic E-state index is 0.153. The van der Waals surface area contributed by atoms with Crippen LogP contribution in [0.4, 0.5) is 0 Å². The van der Waals surface area contributed by atoms with Crippen LogP contribution in [0.1, 0.15) is 19.4 Å². The lowest BCUT2D eigenvalue weighted by Crippen LogP contribution is -2.03. The van der Waals surface area contributed by atoms with Gasteiger partial charge in [0.25, 0.3) is 0 Å². The van der Waals surface area contributed by atoms with E-state index in [1.165, 1.54) is 0 Å². The number of hydrogen-bond donors (Lipinski definition) is 1. The van der Waals surface area contributed by atoms with Crippen LogP contribution in [0.25, 0.3) is 17.5 Å². The van der Waals surface area contributed by atoms with Gasteiger partial charge in [0, 0.05) is 17.1 Å². The molecule has 0 spiro atoms. The maximum atomic E-state index is 12.0. The van der Waals surface area contributed by atoms with Crippen LogP contribution in [0, 0.1) is 7.14 Å². The van der Waals surface area contributed by atoms with E-state index < -0.39 is 5.97 Å². The molecule has 162 valence electrons. The summed E-state index contributed by atoms with van der Waals surface area (Å²) >= 11 is 11.4. The second kappa shape index (κ2) is 11.0. The predicted octanol–water partition coefficient (Wildman–Crippen LogP) is 6.44. The van der Waals surface area contributed by atoms with Crippen molar-refractivity contribution in [3.8, 4) is 17.1 Å². The molecular weight excluding hydrogens is 664 g/mol. The molecule has 3 rings (SSSR count). The van der Waals surface area contributed by atoms with Gasteiger partial charge < -0.3 is 14.4 Å². The average molecular weight is 682 g/mol. The Kier molecular flexibility index (Phi) is 8.65. The SMILES string of the molecule is CCOc1c(I)cc(/C=C(\Sc2nnc(-c3ccc(Cl)cc3)n2CC)C(=O)O)cc1I. The highest BCUT2D eigenvalue weighted by Gasteiger charge is 2.19. The summed E-state index contributed by atoms with van der Waals surface area (Å²) in [6.45, 7) is 5.06. The van der Waals surface area contributed by atoms with Crippen molar-refractivity contribution in [2.24, 2.45) is 0 Å². The van der Waals surface area contributed by atoms with E-state index in [0.717, 1.165) is 35.8 Å². The number of carboxylic acids is 1. The zero-order valence-electron chi connectivity index (χ0n) is 16.6. The summed E-state index contributed by atoms with van der Waals surface area (Å²) in [4.78, 5) is 12.1. The van der Waals surface area contributed by atoms with E-state index in [2.05, 4.69) is 55.4 Å². The first-order chi connectivity index (χ1) is 14.8. The summed E-state index contributed by atoms with van der Waals surface area (Å²) < 4.78 is 9.40. The van der Waals surface area contributed by atoms with E-state index in [0.29, 0.717) is 29.2 Å². The Hall–Kier alpha value is -1.31. The molecule has 0 aliphatic rings. The lowest BCUT2D eigenvalue weighted by atomic mass is 10.2. The van der Waals surface area contributed by atoms with Gasteiger partial charge in [-0.2, -0.15) is 0 Å². The fourth-order valence-corrected chi connectivity index (χ4v) is 5.93. The molecule has 0 aliphatic carbocycles. The number of aliphatic carboxylic acids is 1. The molecule has 0 saturated carbocycles. The van der Waals surface area contributed by atoms with Crippen molar-refractivity contribution in [2.75, 3.05) is 6.61 Å². The summed E-state index contributed by atoms with van der Waals surface area (Å²) in [6.07, 6.45) is 1.64. The monoisotopic (exact) mass is 681 g/mol. The number of rotatable bonds is 8. The molecule has 1 aromatic heterocycles. The third-order valence-corrected chi connectivity index (χ3v) is 7.01. The van der Waals surface area contributed by atoms with Crippen molar-refractivity contribution >= 4 is 80.6 Å². The number of thioether (sulfide) groups is 1. The number of nitrogens with zero attached hydrogens (tertiary/aromatic N) is 3. The highest BCUT2D eigenvalue weighted by atomic mass is 127. The van der Waals surface area contributed by atoms with Crippen LogP contribution in [-0.2, 0) is 11.3 Å². The number of carbonyl (C=O) groups is 1.